The van der Waals surface area contributed by atoms with Crippen molar-refractivity contribution in [1.29, 1.82) is 0 Å². The molecule has 0 N–H and O–H groups in total. The number of rotatable bonds is 2. The minimum absolute atomic E-state index is 0.0378. The van der Waals surface area contributed by atoms with Crippen molar-refractivity contribution in [2.45, 2.75) is 58.7 Å². The number of hydrogen-bond acceptors (Lipinski definition) is 3. The Morgan fingerprint density at radius 3 is 2.62 bits per heavy atom. The standard InChI is InChI=1S/C16H22N2O2S/c1-9-8-13(12(4)21-9)10(2)18-11(3)15(19)17-7-5-6-14(17)16(18)20/h8,10-11,14H,5-7H2,1-4H3. The summed E-state index contributed by atoms with van der Waals surface area (Å²) in [5.41, 5.74) is 1.18. The monoisotopic (exact) mass is 306 g/mol. The highest BCUT2D eigenvalue weighted by Crippen LogP contribution is 2.36. The summed E-state index contributed by atoms with van der Waals surface area (Å²) in [6.45, 7) is 8.81. The van der Waals surface area contributed by atoms with E-state index in [2.05, 4.69) is 19.9 Å². The predicted octanol–water partition coefficient (Wildman–Crippen LogP) is 2.65. The fourth-order valence-electron chi connectivity index (χ4n) is 3.75. The van der Waals surface area contributed by atoms with E-state index >= 15 is 0 Å². The van der Waals surface area contributed by atoms with Gasteiger partial charge in [-0.2, -0.15) is 0 Å². The lowest BCUT2D eigenvalue weighted by molar-refractivity contribution is -0.161. The van der Waals surface area contributed by atoms with Crippen LogP contribution in [0.25, 0.3) is 0 Å². The fourth-order valence-corrected chi connectivity index (χ4v) is 4.77. The van der Waals surface area contributed by atoms with Crippen molar-refractivity contribution in [2.75, 3.05) is 6.54 Å². The molecule has 0 radical (unpaired) electrons. The van der Waals surface area contributed by atoms with Crippen LogP contribution in [0.15, 0.2) is 6.07 Å². The third-order valence-electron chi connectivity index (χ3n) is 4.80. The van der Waals surface area contributed by atoms with Gasteiger partial charge in [0.25, 0.3) is 0 Å². The topological polar surface area (TPSA) is 40.6 Å². The number of carbonyl (C=O) groups excluding carboxylic acids is 2. The maximum atomic E-state index is 12.8. The molecule has 3 atom stereocenters. The quantitative estimate of drug-likeness (QED) is 0.843. The maximum Gasteiger partial charge on any atom is 0.246 e. The molecule has 2 fully saturated rings. The van der Waals surface area contributed by atoms with Crippen molar-refractivity contribution >= 4 is 23.2 Å². The first-order valence-corrected chi connectivity index (χ1v) is 8.43. The zero-order valence-corrected chi connectivity index (χ0v) is 13.9. The number of aryl methyl sites for hydroxylation is 2. The summed E-state index contributed by atoms with van der Waals surface area (Å²) in [5, 5.41) is 0. The molecule has 3 heterocycles. The van der Waals surface area contributed by atoms with Gasteiger partial charge in [0.15, 0.2) is 0 Å². The maximum absolute atomic E-state index is 12.8. The Labute approximate surface area is 129 Å². The molecule has 1 aromatic rings. The van der Waals surface area contributed by atoms with Gasteiger partial charge in [0.05, 0.1) is 6.04 Å². The molecule has 5 heteroatoms. The lowest BCUT2D eigenvalue weighted by Crippen LogP contribution is -2.62. The summed E-state index contributed by atoms with van der Waals surface area (Å²) in [5.74, 6) is 0.226. The minimum atomic E-state index is -0.360. The van der Waals surface area contributed by atoms with Gasteiger partial charge in [-0.25, -0.2) is 0 Å². The molecule has 2 aliphatic rings. The highest BCUT2D eigenvalue weighted by Gasteiger charge is 2.47. The first-order chi connectivity index (χ1) is 9.91. The Morgan fingerprint density at radius 1 is 1.29 bits per heavy atom. The van der Waals surface area contributed by atoms with Crippen molar-refractivity contribution in [3.8, 4) is 0 Å². The summed E-state index contributed by atoms with van der Waals surface area (Å²) >= 11 is 1.75. The lowest BCUT2D eigenvalue weighted by atomic mass is 10.00. The molecule has 114 valence electrons. The first-order valence-electron chi connectivity index (χ1n) is 7.61. The van der Waals surface area contributed by atoms with E-state index in [0.717, 1.165) is 19.4 Å². The van der Waals surface area contributed by atoms with Crippen molar-refractivity contribution in [3.63, 3.8) is 0 Å². The lowest BCUT2D eigenvalue weighted by Gasteiger charge is -2.44. The number of piperazine rings is 1. The van der Waals surface area contributed by atoms with E-state index in [1.54, 1.807) is 16.2 Å². The Morgan fingerprint density at radius 2 is 2.00 bits per heavy atom. The molecule has 21 heavy (non-hydrogen) atoms. The molecule has 0 aromatic carbocycles. The second-order valence-electron chi connectivity index (χ2n) is 6.16. The molecule has 2 amide bonds. The average molecular weight is 306 g/mol. The normalized spacial score (nSPS) is 27.2. The van der Waals surface area contributed by atoms with Crippen LogP contribution in [0, 0.1) is 13.8 Å². The van der Waals surface area contributed by atoms with Gasteiger partial charge in [-0.05, 0) is 52.2 Å². The van der Waals surface area contributed by atoms with Gasteiger partial charge in [0, 0.05) is 16.3 Å². The first kappa shape index (κ1) is 14.6. The van der Waals surface area contributed by atoms with E-state index < -0.39 is 0 Å². The summed E-state index contributed by atoms with van der Waals surface area (Å²) in [6, 6.07) is 1.53. The smallest absolute Gasteiger partial charge is 0.246 e. The van der Waals surface area contributed by atoms with Gasteiger partial charge in [-0.1, -0.05) is 0 Å². The third kappa shape index (κ3) is 2.18. The summed E-state index contributed by atoms with van der Waals surface area (Å²) < 4.78 is 0. The van der Waals surface area contributed by atoms with E-state index in [1.165, 1.54) is 15.3 Å². The predicted molar refractivity (Wildman–Crippen MR) is 83.3 cm³/mol. The molecule has 2 aliphatic heterocycles. The number of amides is 2. The highest BCUT2D eigenvalue weighted by molar-refractivity contribution is 7.12. The molecule has 3 unspecified atom stereocenters. The molecule has 2 saturated heterocycles. The SMILES string of the molecule is Cc1cc(C(C)N2C(=O)C3CCCN3C(=O)C2C)c(C)s1. The number of hydrogen-bond donors (Lipinski definition) is 0. The van der Waals surface area contributed by atoms with Gasteiger partial charge in [0.2, 0.25) is 11.8 Å². The molecular weight excluding hydrogens is 284 g/mol. The molecule has 0 saturated carbocycles. The number of fused-ring (bicyclic) bond motifs is 1. The van der Waals surface area contributed by atoms with Crippen LogP contribution in [-0.4, -0.2) is 40.2 Å². The van der Waals surface area contributed by atoms with Gasteiger partial charge in [-0.15, -0.1) is 11.3 Å². The Bertz CT molecular complexity index is 595. The minimum Gasteiger partial charge on any atom is -0.329 e. The van der Waals surface area contributed by atoms with Crippen LogP contribution in [0.5, 0.6) is 0 Å². The van der Waals surface area contributed by atoms with E-state index in [-0.39, 0.29) is 29.9 Å². The van der Waals surface area contributed by atoms with E-state index in [0.29, 0.717) is 0 Å². The third-order valence-corrected chi connectivity index (χ3v) is 5.78. The van der Waals surface area contributed by atoms with E-state index in [9.17, 15) is 9.59 Å². The van der Waals surface area contributed by atoms with Gasteiger partial charge >= 0.3 is 0 Å². The molecular formula is C16H22N2O2S. The Balaban J connectivity index is 1.94. The summed E-state index contributed by atoms with van der Waals surface area (Å²) in [7, 11) is 0. The van der Waals surface area contributed by atoms with Crippen LogP contribution in [0.2, 0.25) is 0 Å². The van der Waals surface area contributed by atoms with Crippen molar-refractivity contribution in [2.24, 2.45) is 0 Å². The summed E-state index contributed by atoms with van der Waals surface area (Å²) in [4.78, 5) is 31.4. The fraction of sp³-hybridized carbons (Fsp3) is 0.625. The molecule has 3 rings (SSSR count). The van der Waals surface area contributed by atoms with Crippen LogP contribution in [0.4, 0.5) is 0 Å². The van der Waals surface area contributed by atoms with Crippen molar-refractivity contribution < 1.29 is 9.59 Å². The molecule has 1 aromatic heterocycles. The second-order valence-corrected chi connectivity index (χ2v) is 7.62. The molecule has 0 spiro atoms. The van der Waals surface area contributed by atoms with Crippen LogP contribution in [0.3, 0.4) is 0 Å². The zero-order valence-electron chi connectivity index (χ0n) is 13.0. The van der Waals surface area contributed by atoms with Gasteiger partial charge in [0.1, 0.15) is 12.1 Å². The Hall–Kier alpha value is -1.36. The van der Waals surface area contributed by atoms with Gasteiger partial charge < -0.3 is 9.80 Å². The van der Waals surface area contributed by atoms with Crippen molar-refractivity contribution in [3.05, 3.63) is 21.4 Å². The van der Waals surface area contributed by atoms with Gasteiger partial charge in [-0.3, -0.25) is 9.59 Å². The average Bonchev–Trinajstić information content (AvgIpc) is 3.03. The number of carbonyl (C=O) groups is 2. The zero-order chi connectivity index (χ0) is 15.3. The van der Waals surface area contributed by atoms with E-state index in [1.807, 2.05) is 18.7 Å². The number of thiophene rings is 1. The van der Waals surface area contributed by atoms with E-state index in [4.69, 9.17) is 0 Å². The summed E-state index contributed by atoms with van der Waals surface area (Å²) in [6.07, 6.45) is 1.75. The second kappa shape index (κ2) is 5.13. The van der Waals surface area contributed by atoms with Crippen LogP contribution in [-0.2, 0) is 9.59 Å². The molecule has 4 nitrogen and oxygen atoms in total. The Kier molecular flexibility index (Phi) is 3.56. The van der Waals surface area contributed by atoms with Crippen molar-refractivity contribution in [1.82, 2.24) is 9.80 Å². The largest absolute Gasteiger partial charge is 0.329 e. The van der Waals surface area contributed by atoms with Crippen LogP contribution in [0.1, 0.15) is 48.0 Å². The highest BCUT2D eigenvalue weighted by atomic mass is 32.1. The van der Waals surface area contributed by atoms with Crippen LogP contribution < -0.4 is 0 Å². The molecule has 0 bridgehead atoms. The van der Waals surface area contributed by atoms with Crippen LogP contribution >= 0.6 is 11.3 Å². The number of nitrogens with zero attached hydrogens (tertiary/aromatic N) is 2. The molecule has 0 aliphatic carbocycles.